The first-order valence-electron chi connectivity index (χ1n) is 5.04. The molecule has 0 saturated heterocycles. The summed E-state index contributed by atoms with van der Waals surface area (Å²) in [6, 6.07) is 4.95. The normalized spacial score (nSPS) is 9.76. The van der Waals surface area contributed by atoms with Gasteiger partial charge < -0.3 is 15.8 Å². The van der Waals surface area contributed by atoms with E-state index in [0.717, 1.165) is 0 Å². The molecule has 6 heteroatoms. The minimum Gasteiger partial charge on any atom is -0.465 e. The fourth-order valence-electron chi connectivity index (χ4n) is 1.18. The Morgan fingerprint density at radius 2 is 2.18 bits per heavy atom. The van der Waals surface area contributed by atoms with Gasteiger partial charge in [-0.05, 0) is 35.0 Å². The first-order valence-corrected chi connectivity index (χ1v) is 5.83. The van der Waals surface area contributed by atoms with Crippen molar-refractivity contribution in [1.82, 2.24) is 5.32 Å². The van der Waals surface area contributed by atoms with Crippen molar-refractivity contribution in [3.63, 3.8) is 0 Å². The van der Waals surface area contributed by atoms with E-state index < -0.39 is 5.97 Å². The van der Waals surface area contributed by atoms with Crippen molar-refractivity contribution in [2.75, 3.05) is 18.9 Å². The smallest absolute Gasteiger partial charge is 0.325 e. The number of halogens is 1. The van der Waals surface area contributed by atoms with Gasteiger partial charge in [0.05, 0.1) is 16.6 Å². The molecule has 5 nitrogen and oxygen atoms in total. The highest BCUT2D eigenvalue weighted by Gasteiger charge is 2.12. The van der Waals surface area contributed by atoms with Crippen molar-refractivity contribution < 1.29 is 14.3 Å². The van der Waals surface area contributed by atoms with E-state index in [1.165, 1.54) is 0 Å². The van der Waals surface area contributed by atoms with E-state index in [0.29, 0.717) is 15.7 Å². The highest BCUT2D eigenvalue weighted by molar-refractivity contribution is 9.10. The van der Waals surface area contributed by atoms with Crippen molar-refractivity contribution in [2.45, 2.75) is 6.92 Å². The molecule has 0 bridgehead atoms. The first-order chi connectivity index (χ1) is 8.06. The minimum absolute atomic E-state index is 0.159. The van der Waals surface area contributed by atoms with Gasteiger partial charge in [-0.15, -0.1) is 0 Å². The Morgan fingerprint density at radius 3 is 2.82 bits per heavy atom. The molecule has 3 N–H and O–H groups in total. The number of nitrogen functional groups attached to an aromatic ring is 1. The van der Waals surface area contributed by atoms with Crippen LogP contribution in [0.2, 0.25) is 0 Å². The third-order valence-corrected chi connectivity index (χ3v) is 2.86. The van der Waals surface area contributed by atoms with Gasteiger partial charge in [0, 0.05) is 5.69 Å². The number of anilines is 1. The van der Waals surface area contributed by atoms with Gasteiger partial charge in [0.2, 0.25) is 0 Å². The van der Waals surface area contributed by atoms with Crippen LogP contribution in [0.3, 0.4) is 0 Å². The van der Waals surface area contributed by atoms with Crippen LogP contribution < -0.4 is 11.1 Å². The molecule has 0 unspecified atom stereocenters. The Bertz CT molecular complexity index is 435. The van der Waals surface area contributed by atoms with E-state index in [9.17, 15) is 9.59 Å². The molecule has 0 atom stereocenters. The van der Waals surface area contributed by atoms with E-state index in [2.05, 4.69) is 21.2 Å². The van der Waals surface area contributed by atoms with Gasteiger partial charge in [-0.1, -0.05) is 6.07 Å². The molecule has 0 aliphatic rings. The monoisotopic (exact) mass is 300 g/mol. The molecule has 17 heavy (non-hydrogen) atoms. The van der Waals surface area contributed by atoms with Crippen molar-refractivity contribution in [1.29, 1.82) is 0 Å². The van der Waals surface area contributed by atoms with E-state index in [1.807, 2.05) is 0 Å². The van der Waals surface area contributed by atoms with Gasteiger partial charge >= 0.3 is 5.97 Å². The summed E-state index contributed by atoms with van der Waals surface area (Å²) in [5.74, 6) is -0.849. The lowest BCUT2D eigenvalue weighted by molar-refractivity contribution is -0.141. The number of esters is 1. The minimum atomic E-state index is -0.471. The zero-order valence-electron chi connectivity index (χ0n) is 9.33. The predicted molar refractivity (Wildman–Crippen MR) is 67.5 cm³/mol. The lowest BCUT2D eigenvalue weighted by Gasteiger charge is -2.07. The quantitative estimate of drug-likeness (QED) is 0.649. The molecule has 0 aliphatic heterocycles. The highest BCUT2D eigenvalue weighted by Crippen LogP contribution is 2.23. The molecule has 0 fully saturated rings. The fraction of sp³-hybridized carbons (Fsp3) is 0.273. The van der Waals surface area contributed by atoms with Gasteiger partial charge in [0.15, 0.2) is 0 Å². The molecular formula is C11H13BrN2O3. The second kappa shape index (κ2) is 6.24. The van der Waals surface area contributed by atoms with Crippen molar-refractivity contribution in [3.8, 4) is 0 Å². The molecule has 0 saturated carbocycles. The van der Waals surface area contributed by atoms with Crippen molar-refractivity contribution >= 4 is 33.5 Å². The molecule has 0 aliphatic carbocycles. The van der Waals surface area contributed by atoms with Crippen LogP contribution in [0, 0.1) is 0 Å². The molecule has 0 aromatic heterocycles. The Kier molecular flexibility index (Phi) is 4.96. The average molecular weight is 301 g/mol. The van der Waals surface area contributed by atoms with E-state index in [-0.39, 0.29) is 19.1 Å². The number of benzene rings is 1. The SMILES string of the molecule is CCOC(=O)CNC(=O)c1cccc(N)c1Br. The summed E-state index contributed by atoms with van der Waals surface area (Å²) in [6.07, 6.45) is 0. The maximum atomic E-state index is 11.7. The van der Waals surface area contributed by atoms with E-state index >= 15 is 0 Å². The van der Waals surface area contributed by atoms with Gasteiger partial charge in [0.1, 0.15) is 6.54 Å². The van der Waals surface area contributed by atoms with E-state index in [1.54, 1.807) is 25.1 Å². The van der Waals surface area contributed by atoms with Crippen LogP contribution in [-0.4, -0.2) is 25.0 Å². The summed E-state index contributed by atoms with van der Waals surface area (Å²) in [4.78, 5) is 22.8. The van der Waals surface area contributed by atoms with Crippen LogP contribution in [0.5, 0.6) is 0 Å². The molecule has 1 aromatic carbocycles. The third kappa shape index (κ3) is 3.74. The third-order valence-electron chi connectivity index (χ3n) is 1.97. The van der Waals surface area contributed by atoms with Gasteiger partial charge in [-0.25, -0.2) is 0 Å². The van der Waals surface area contributed by atoms with Gasteiger partial charge in [0.25, 0.3) is 5.91 Å². The van der Waals surface area contributed by atoms with E-state index in [4.69, 9.17) is 10.5 Å². The van der Waals surface area contributed by atoms with Crippen LogP contribution in [0.4, 0.5) is 5.69 Å². The fourth-order valence-corrected chi connectivity index (χ4v) is 1.63. The van der Waals surface area contributed by atoms with Crippen LogP contribution >= 0.6 is 15.9 Å². The number of ether oxygens (including phenoxy) is 1. The van der Waals surface area contributed by atoms with Crippen LogP contribution in [0.25, 0.3) is 0 Å². The summed E-state index contributed by atoms with van der Waals surface area (Å²) in [6.45, 7) is 1.83. The molecule has 0 spiro atoms. The van der Waals surface area contributed by atoms with Gasteiger partial charge in [-0.3, -0.25) is 9.59 Å². The summed E-state index contributed by atoms with van der Waals surface area (Å²) < 4.78 is 5.21. The molecule has 0 heterocycles. The average Bonchev–Trinajstić information content (AvgIpc) is 2.30. The van der Waals surface area contributed by atoms with Crippen molar-refractivity contribution in [2.24, 2.45) is 0 Å². The summed E-state index contributed by atoms with van der Waals surface area (Å²) in [5, 5.41) is 2.45. The Morgan fingerprint density at radius 1 is 1.47 bits per heavy atom. The number of carbonyl (C=O) groups is 2. The second-order valence-electron chi connectivity index (χ2n) is 3.20. The molecule has 92 valence electrons. The molecule has 1 amide bonds. The number of amides is 1. The Labute approximate surface area is 107 Å². The first kappa shape index (κ1) is 13.5. The number of nitrogens with two attached hydrogens (primary N) is 1. The maximum absolute atomic E-state index is 11.7. The summed E-state index contributed by atoms with van der Waals surface area (Å²) in [7, 11) is 0. The number of hydrogen-bond donors (Lipinski definition) is 2. The number of nitrogens with one attached hydrogen (secondary N) is 1. The Hall–Kier alpha value is -1.56. The van der Waals surface area contributed by atoms with Gasteiger partial charge in [-0.2, -0.15) is 0 Å². The molecule has 1 aromatic rings. The highest BCUT2D eigenvalue weighted by atomic mass is 79.9. The number of carbonyl (C=O) groups excluding carboxylic acids is 2. The number of rotatable bonds is 4. The van der Waals surface area contributed by atoms with Crippen LogP contribution in [0.1, 0.15) is 17.3 Å². The molecule has 1 rings (SSSR count). The summed E-state index contributed by atoms with van der Waals surface area (Å²) >= 11 is 3.22. The van der Waals surface area contributed by atoms with Crippen LogP contribution in [0.15, 0.2) is 22.7 Å². The van der Waals surface area contributed by atoms with Crippen molar-refractivity contribution in [3.05, 3.63) is 28.2 Å². The number of hydrogen-bond acceptors (Lipinski definition) is 4. The standard InChI is InChI=1S/C11H13BrN2O3/c1-2-17-9(15)6-14-11(16)7-4-3-5-8(13)10(7)12/h3-5H,2,6,13H2,1H3,(H,14,16). The zero-order valence-corrected chi connectivity index (χ0v) is 10.9. The topological polar surface area (TPSA) is 81.4 Å². The maximum Gasteiger partial charge on any atom is 0.325 e. The predicted octanol–water partition coefficient (Wildman–Crippen LogP) is 1.32. The summed E-state index contributed by atoms with van der Waals surface area (Å²) in [5.41, 5.74) is 6.49. The lowest BCUT2D eigenvalue weighted by Crippen LogP contribution is -2.30. The lowest BCUT2D eigenvalue weighted by atomic mass is 10.2. The Balaban J connectivity index is 2.64. The molecule has 0 radical (unpaired) electrons. The van der Waals surface area contributed by atoms with Crippen LogP contribution in [-0.2, 0) is 9.53 Å². The zero-order chi connectivity index (χ0) is 12.8. The largest absolute Gasteiger partial charge is 0.465 e. The molecular weight excluding hydrogens is 288 g/mol. The second-order valence-corrected chi connectivity index (χ2v) is 3.99.